The van der Waals surface area contributed by atoms with Gasteiger partial charge in [-0.25, -0.2) is 4.79 Å². The molecule has 0 aromatic heterocycles. The summed E-state index contributed by atoms with van der Waals surface area (Å²) in [7, 11) is 0. The molecule has 1 aromatic rings. The number of benzene rings is 1. The second-order valence-corrected chi connectivity index (χ2v) is 3.16. The van der Waals surface area contributed by atoms with Gasteiger partial charge in [0.25, 0.3) is 0 Å². The van der Waals surface area contributed by atoms with Gasteiger partial charge >= 0.3 is 5.97 Å². The number of ether oxygens (including phenoxy) is 1. The van der Waals surface area contributed by atoms with Crippen LogP contribution in [0.3, 0.4) is 0 Å². The predicted molar refractivity (Wildman–Crippen MR) is 64.4 cm³/mol. The van der Waals surface area contributed by atoms with E-state index in [2.05, 4.69) is 0 Å². The zero-order chi connectivity index (χ0) is 12.0. The van der Waals surface area contributed by atoms with Crippen molar-refractivity contribution in [2.45, 2.75) is 6.92 Å². The standard InChI is InChI=1S/C12H12O4.Na/c1-9(13)11(16-8-12(14)15)7-10-5-3-2-4-6-10;/h2-7H,8H2,1H3,(H,14,15);. The van der Waals surface area contributed by atoms with Gasteiger partial charge in [-0.05, 0) is 11.6 Å². The average molecular weight is 243 g/mol. The minimum absolute atomic E-state index is 0. The monoisotopic (exact) mass is 243 g/mol. The second-order valence-electron chi connectivity index (χ2n) is 3.16. The van der Waals surface area contributed by atoms with Crippen molar-refractivity contribution in [2.24, 2.45) is 0 Å². The number of allylic oxidation sites excluding steroid dienone is 1. The van der Waals surface area contributed by atoms with E-state index in [0.717, 1.165) is 5.56 Å². The molecule has 0 aliphatic carbocycles. The molecule has 4 nitrogen and oxygen atoms in total. The number of carbonyl (C=O) groups is 2. The van der Waals surface area contributed by atoms with Gasteiger partial charge < -0.3 is 9.84 Å². The molecule has 0 aliphatic rings. The molecule has 17 heavy (non-hydrogen) atoms. The van der Waals surface area contributed by atoms with E-state index in [4.69, 9.17) is 9.84 Å². The van der Waals surface area contributed by atoms with Gasteiger partial charge in [0.15, 0.2) is 18.1 Å². The SMILES string of the molecule is CC(=O)C(=Cc1ccccc1)OCC(=O)O.[Na]. The maximum Gasteiger partial charge on any atom is 0.341 e. The van der Waals surface area contributed by atoms with Gasteiger partial charge in [-0.1, -0.05) is 30.3 Å². The van der Waals surface area contributed by atoms with Crippen molar-refractivity contribution in [1.82, 2.24) is 0 Å². The Labute approximate surface area is 122 Å². The number of carboxylic acids is 1. The van der Waals surface area contributed by atoms with E-state index < -0.39 is 12.6 Å². The van der Waals surface area contributed by atoms with Crippen molar-refractivity contribution in [1.29, 1.82) is 0 Å². The second kappa shape index (κ2) is 8.06. The van der Waals surface area contributed by atoms with Crippen LogP contribution < -0.4 is 0 Å². The summed E-state index contributed by atoms with van der Waals surface area (Å²) in [6.45, 7) is 0.814. The van der Waals surface area contributed by atoms with Crippen LogP contribution in [0.25, 0.3) is 6.08 Å². The molecule has 0 saturated carbocycles. The van der Waals surface area contributed by atoms with Gasteiger partial charge in [0.05, 0.1) is 0 Å². The van der Waals surface area contributed by atoms with Crippen molar-refractivity contribution < 1.29 is 19.4 Å². The third-order valence-electron chi connectivity index (χ3n) is 1.80. The molecule has 0 aliphatic heterocycles. The average Bonchev–Trinajstić information content (AvgIpc) is 2.25. The smallest absolute Gasteiger partial charge is 0.341 e. The molecule has 0 bridgehead atoms. The fraction of sp³-hybridized carbons (Fsp3) is 0.167. The Morgan fingerprint density at radius 2 is 1.88 bits per heavy atom. The third kappa shape index (κ3) is 6.26. The Kier molecular flexibility index (Phi) is 7.54. The summed E-state index contributed by atoms with van der Waals surface area (Å²) in [5, 5.41) is 8.45. The Balaban J connectivity index is 0.00000256. The third-order valence-corrected chi connectivity index (χ3v) is 1.80. The minimum Gasteiger partial charge on any atom is -0.479 e. The Morgan fingerprint density at radius 3 is 2.35 bits per heavy atom. The van der Waals surface area contributed by atoms with Crippen molar-refractivity contribution >= 4 is 47.4 Å². The van der Waals surface area contributed by atoms with Crippen molar-refractivity contribution in [3.8, 4) is 0 Å². The Morgan fingerprint density at radius 1 is 1.29 bits per heavy atom. The van der Waals surface area contributed by atoms with Gasteiger partial charge in [-0.2, -0.15) is 0 Å². The molecule has 1 N–H and O–H groups in total. The van der Waals surface area contributed by atoms with Crippen LogP contribution in [-0.2, 0) is 14.3 Å². The summed E-state index contributed by atoms with van der Waals surface area (Å²) in [4.78, 5) is 21.5. The summed E-state index contributed by atoms with van der Waals surface area (Å²) < 4.78 is 4.88. The largest absolute Gasteiger partial charge is 0.479 e. The molecule has 0 heterocycles. The number of hydrogen-bond donors (Lipinski definition) is 1. The molecule has 0 unspecified atom stereocenters. The molecule has 0 saturated heterocycles. The molecule has 85 valence electrons. The first-order valence-electron chi connectivity index (χ1n) is 4.72. The quantitative estimate of drug-likeness (QED) is 0.481. The fourth-order valence-corrected chi connectivity index (χ4v) is 1.09. The van der Waals surface area contributed by atoms with Gasteiger partial charge in [-0.3, -0.25) is 4.79 Å². The van der Waals surface area contributed by atoms with Crippen LogP contribution in [0, 0.1) is 0 Å². The number of ketones is 1. The van der Waals surface area contributed by atoms with E-state index in [1.54, 1.807) is 12.1 Å². The summed E-state index contributed by atoms with van der Waals surface area (Å²) in [6, 6.07) is 9.09. The molecular weight excluding hydrogens is 231 g/mol. The van der Waals surface area contributed by atoms with Crippen LogP contribution in [0.1, 0.15) is 12.5 Å². The summed E-state index contributed by atoms with van der Waals surface area (Å²) >= 11 is 0. The van der Waals surface area contributed by atoms with Gasteiger partial charge in [0.1, 0.15) is 0 Å². The van der Waals surface area contributed by atoms with Gasteiger partial charge in [0, 0.05) is 36.5 Å². The van der Waals surface area contributed by atoms with E-state index >= 15 is 0 Å². The van der Waals surface area contributed by atoms with Gasteiger partial charge in [-0.15, -0.1) is 0 Å². The van der Waals surface area contributed by atoms with Crippen LogP contribution in [-0.4, -0.2) is 53.0 Å². The first-order valence-corrected chi connectivity index (χ1v) is 4.72. The van der Waals surface area contributed by atoms with E-state index in [-0.39, 0.29) is 41.1 Å². The first-order chi connectivity index (χ1) is 7.59. The number of carbonyl (C=O) groups excluding carboxylic acids is 1. The normalized spacial score (nSPS) is 10.3. The molecule has 5 heteroatoms. The zero-order valence-corrected chi connectivity index (χ0v) is 11.8. The van der Waals surface area contributed by atoms with Gasteiger partial charge in [0.2, 0.25) is 0 Å². The van der Waals surface area contributed by atoms with Crippen LogP contribution in [0.2, 0.25) is 0 Å². The van der Waals surface area contributed by atoms with Crippen molar-refractivity contribution in [3.63, 3.8) is 0 Å². The molecule has 0 fully saturated rings. The van der Waals surface area contributed by atoms with Crippen LogP contribution in [0.5, 0.6) is 0 Å². The number of hydrogen-bond acceptors (Lipinski definition) is 3. The maximum atomic E-state index is 11.2. The van der Waals surface area contributed by atoms with E-state index in [1.807, 2.05) is 18.2 Å². The molecule has 0 amide bonds. The molecule has 1 radical (unpaired) electrons. The number of Topliss-reactive ketones (excluding diaryl/α,β-unsaturated/α-hetero) is 1. The zero-order valence-electron chi connectivity index (χ0n) is 9.84. The van der Waals surface area contributed by atoms with Crippen LogP contribution in [0.15, 0.2) is 36.1 Å². The topological polar surface area (TPSA) is 63.6 Å². The predicted octanol–water partition coefficient (Wildman–Crippen LogP) is 1.34. The number of aliphatic carboxylic acids is 1. The molecule has 1 aromatic carbocycles. The minimum atomic E-state index is -1.11. The molecular formula is C12H12NaO4. The van der Waals surface area contributed by atoms with Crippen molar-refractivity contribution in [3.05, 3.63) is 41.7 Å². The van der Waals surface area contributed by atoms with Crippen LogP contribution in [0.4, 0.5) is 0 Å². The van der Waals surface area contributed by atoms with E-state index in [9.17, 15) is 9.59 Å². The first kappa shape index (κ1) is 15.9. The number of rotatable bonds is 5. The summed E-state index contributed by atoms with van der Waals surface area (Å²) in [6.07, 6.45) is 1.52. The van der Waals surface area contributed by atoms with E-state index in [0.29, 0.717) is 0 Å². The fourth-order valence-electron chi connectivity index (χ4n) is 1.09. The molecule has 0 atom stereocenters. The Hall–Kier alpha value is -1.10. The maximum absolute atomic E-state index is 11.2. The Bertz CT molecular complexity index is 412. The summed E-state index contributed by atoms with van der Waals surface area (Å²) in [5.41, 5.74) is 0.790. The van der Waals surface area contributed by atoms with Crippen LogP contribution >= 0.6 is 0 Å². The van der Waals surface area contributed by atoms with E-state index in [1.165, 1.54) is 13.0 Å². The van der Waals surface area contributed by atoms with Crippen molar-refractivity contribution in [2.75, 3.05) is 6.61 Å². The summed E-state index contributed by atoms with van der Waals surface area (Å²) in [5.74, 6) is -1.36. The molecule has 1 rings (SSSR count). The molecule has 0 spiro atoms. The number of carboxylic acid groups (broad SMARTS) is 1.